The zero-order valence-corrected chi connectivity index (χ0v) is 8.67. The minimum atomic E-state index is 0.224. The number of hydrogen-bond donors (Lipinski definition) is 1. The van der Waals surface area contributed by atoms with Crippen LogP contribution in [-0.2, 0) is 0 Å². The van der Waals surface area contributed by atoms with E-state index in [-0.39, 0.29) is 5.75 Å². The Morgan fingerprint density at radius 1 is 1.23 bits per heavy atom. The first-order valence-corrected chi connectivity index (χ1v) is 4.72. The third-order valence-electron chi connectivity index (χ3n) is 1.92. The highest BCUT2D eigenvalue weighted by molar-refractivity contribution is 9.10. The summed E-state index contributed by atoms with van der Waals surface area (Å²) < 4.78 is 0.952. The van der Waals surface area contributed by atoms with Crippen LogP contribution in [0.4, 0.5) is 0 Å². The number of rotatable bonds is 0. The molecule has 2 aromatic rings. The molecule has 0 atom stereocenters. The van der Waals surface area contributed by atoms with Crippen molar-refractivity contribution in [2.45, 2.75) is 6.92 Å². The monoisotopic (exact) mass is 237 g/mol. The van der Waals surface area contributed by atoms with Crippen LogP contribution in [0.2, 0.25) is 0 Å². The second-order valence-electron chi connectivity index (χ2n) is 2.92. The van der Waals surface area contributed by atoms with E-state index in [1.165, 1.54) is 0 Å². The third-order valence-corrected chi connectivity index (χ3v) is 2.61. The molecule has 2 nitrogen and oxygen atoms in total. The molecule has 1 N–H and O–H groups in total. The van der Waals surface area contributed by atoms with Crippen LogP contribution in [0, 0.1) is 6.92 Å². The molecule has 1 aromatic heterocycles. The number of phenols is 1. The average molecular weight is 238 g/mol. The van der Waals surface area contributed by atoms with Crippen molar-refractivity contribution >= 4 is 26.8 Å². The van der Waals surface area contributed by atoms with Gasteiger partial charge in [0.1, 0.15) is 11.3 Å². The van der Waals surface area contributed by atoms with Crippen LogP contribution in [0.1, 0.15) is 5.69 Å². The number of aryl methyl sites for hydroxylation is 1. The number of halogens is 1. The number of phenolic OH excluding ortho intramolecular Hbond substituents is 1. The van der Waals surface area contributed by atoms with Gasteiger partial charge in [0, 0.05) is 15.6 Å². The number of aromatic nitrogens is 1. The molecule has 0 saturated heterocycles. The van der Waals surface area contributed by atoms with E-state index >= 15 is 0 Å². The number of pyridine rings is 1. The summed E-state index contributed by atoms with van der Waals surface area (Å²) in [5, 5.41) is 10.5. The van der Waals surface area contributed by atoms with E-state index in [9.17, 15) is 5.11 Å². The Morgan fingerprint density at radius 2 is 2.00 bits per heavy atom. The Morgan fingerprint density at radius 3 is 2.77 bits per heavy atom. The quantitative estimate of drug-likeness (QED) is 0.765. The Balaban J connectivity index is 2.92. The molecule has 2 rings (SSSR count). The molecule has 3 heteroatoms. The molecule has 1 heterocycles. The van der Waals surface area contributed by atoms with Crippen molar-refractivity contribution in [3.8, 4) is 5.75 Å². The van der Waals surface area contributed by atoms with E-state index in [1.807, 2.05) is 25.1 Å². The molecule has 13 heavy (non-hydrogen) atoms. The van der Waals surface area contributed by atoms with Crippen molar-refractivity contribution in [3.05, 3.63) is 34.4 Å². The van der Waals surface area contributed by atoms with Crippen LogP contribution in [-0.4, -0.2) is 10.1 Å². The van der Waals surface area contributed by atoms with E-state index in [0.717, 1.165) is 15.6 Å². The largest absolute Gasteiger partial charge is 0.506 e. The van der Waals surface area contributed by atoms with Gasteiger partial charge in [-0.1, -0.05) is 15.9 Å². The summed E-state index contributed by atoms with van der Waals surface area (Å²) in [6, 6.07) is 7.32. The summed E-state index contributed by atoms with van der Waals surface area (Å²) in [6.07, 6.45) is 0. The molecule has 1 aromatic carbocycles. The van der Waals surface area contributed by atoms with Gasteiger partial charge in [-0.2, -0.15) is 0 Å². The van der Waals surface area contributed by atoms with Crippen molar-refractivity contribution in [2.24, 2.45) is 0 Å². The van der Waals surface area contributed by atoms with Gasteiger partial charge in [-0.3, -0.25) is 0 Å². The lowest BCUT2D eigenvalue weighted by atomic mass is 10.2. The van der Waals surface area contributed by atoms with E-state index in [0.29, 0.717) is 5.52 Å². The maximum absolute atomic E-state index is 9.54. The molecule has 0 amide bonds. The van der Waals surface area contributed by atoms with Crippen LogP contribution < -0.4 is 0 Å². The molecule has 0 fully saturated rings. The summed E-state index contributed by atoms with van der Waals surface area (Å²) in [7, 11) is 0. The molecular weight excluding hydrogens is 230 g/mol. The van der Waals surface area contributed by atoms with Gasteiger partial charge >= 0.3 is 0 Å². The van der Waals surface area contributed by atoms with Gasteiger partial charge in [-0.05, 0) is 31.2 Å². The van der Waals surface area contributed by atoms with Crippen molar-refractivity contribution in [1.29, 1.82) is 0 Å². The Bertz CT molecular complexity index is 468. The number of nitrogens with zero attached hydrogens (tertiary/aromatic N) is 1. The van der Waals surface area contributed by atoms with Crippen molar-refractivity contribution in [3.63, 3.8) is 0 Å². The van der Waals surface area contributed by atoms with Gasteiger partial charge in [0.05, 0.1) is 0 Å². The van der Waals surface area contributed by atoms with E-state index in [2.05, 4.69) is 20.9 Å². The molecule has 0 aliphatic carbocycles. The summed E-state index contributed by atoms with van der Waals surface area (Å²) in [4.78, 5) is 4.26. The number of fused-ring (bicyclic) bond motifs is 1. The second-order valence-corrected chi connectivity index (χ2v) is 3.77. The molecule has 0 aliphatic heterocycles. The van der Waals surface area contributed by atoms with E-state index < -0.39 is 0 Å². The highest BCUT2D eigenvalue weighted by Gasteiger charge is 2.04. The fraction of sp³-hybridized carbons (Fsp3) is 0.100. The molecule has 0 radical (unpaired) electrons. The molecule has 0 unspecified atom stereocenters. The molecule has 66 valence electrons. The lowest BCUT2D eigenvalue weighted by Crippen LogP contribution is -1.84. The Labute approximate surface area is 84.4 Å². The third kappa shape index (κ3) is 1.40. The highest BCUT2D eigenvalue weighted by atomic mass is 79.9. The van der Waals surface area contributed by atoms with Gasteiger partial charge < -0.3 is 5.11 Å². The Kier molecular flexibility index (Phi) is 1.96. The van der Waals surface area contributed by atoms with Gasteiger partial charge in [0.2, 0.25) is 0 Å². The predicted octanol–water partition coefficient (Wildman–Crippen LogP) is 3.01. The minimum absolute atomic E-state index is 0.224. The molecule has 0 spiro atoms. The lowest BCUT2D eigenvalue weighted by molar-refractivity contribution is 0.480. The van der Waals surface area contributed by atoms with Crippen LogP contribution in [0.3, 0.4) is 0 Å². The highest BCUT2D eigenvalue weighted by Crippen LogP contribution is 2.29. The molecule has 0 bridgehead atoms. The van der Waals surface area contributed by atoms with Crippen molar-refractivity contribution in [2.75, 3.05) is 0 Å². The molecule has 0 saturated carbocycles. The van der Waals surface area contributed by atoms with E-state index in [1.54, 1.807) is 6.07 Å². The number of hydrogen-bond acceptors (Lipinski definition) is 2. The standard InChI is InChI=1S/C10H8BrNO/c1-6-2-3-7-8(11)4-5-9(13)10(7)12-6/h2-5,13H,1H3. The summed E-state index contributed by atoms with van der Waals surface area (Å²) >= 11 is 3.40. The molecular formula is C10H8BrNO. The second kappa shape index (κ2) is 3.00. The van der Waals surface area contributed by atoms with Gasteiger partial charge in [0.15, 0.2) is 0 Å². The maximum atomic E-state index is 9.54. The average Bonchev–Trinajstić information content (AvgIpc) is 2.12. The zero-order chi connectivity index (χ0) is 9.42. The predicted molar refractivity (Wildman–Crippen MR) is 55.8 cm³/mol. The van der Waals surface area contributed by atoms with Crippen molar-refractivity contribution < 1.29 is 5.11 Å². The smallest absolute Gasteiger partial charge is 0.141 e. The summed E-state index contributed by atoms with van der Waals surface area (Å²) in [5.41, 5.74) is 1.55. The van der Waals surface area contributed by atoms with Gasteiger partial charge in [-0.15, -0.1) is 0 Å². The van der Waals surface area contributed by atoms with Crippen LogP contribution in [0.25, 0.3) is 10.9 Å². The summed E-state index contributed by atoms with van der Waals surface area (Å²) in [6.45, 7) is 1.90. The number of aromatic hydroxyl groups is 1. The first-order chi connectivity index (χ1) is 6.18. The Hall–Kier alpha value is -1.09. The van der Waals surface area contributed by atoms with Gasteiger partial charge in [-0.25, -0.2) is 4.98 Å². The lowest BCUT2D eigenvalue weighted by Gasteiger charge is -2.02. The minimum Gasteiger partial charge on any atom is -0.506 e. The first-order valence-electron chi connectivity index (χ1n) is 3.93. The number of benzene rings is 1. The molecule has 0 aliphatic rings. The topological polar surface area (TPSA) is 33.1 Å². The van der Waals surface area contributed by atoms with Crippen molar-refractivity contribution in [1.82, 2.24) is 4.98 Å². The fourth-order valence-corrected chi connectivity index (χ4v) is 1.72. The first kappa shape index (κ1) is 8.51. The SMILES string of the molecule is Cc1ccc2c(Br)ccc(O)c2n1. The van der Waals surface area contributed by atoms with Gasteiger partial charge in [0.25, 0.3) is 0 Å². The van der Waals surface area contributed by atoms with E-state index in [4.69, 9.17) is 0 Å². The maximum Gasteiger partial charge on any atom is 0.141 e. The van der Waals surface area contributed by atoms with Crippen LogP contribution in [0.15, 0.2) is 28.7 Å². The normalized spacial score (nSPS) is 10.6. The van der Waals surface area contributed by atoms with Crippen LogP contribution in [0.5, 0.6) is 5.75 Å². The summed E-state index contributed by atoms with van der Waals surface area (Å²) in [5.74, 6) is 0.224. The fourth-order valence-electron chi connectivity index (χ4n) is 1.27. The zero-order valence-electron chi connectivity index (χ0n) is 7.08. The van der Waals surface area contributed by atoms with Crippen LogP contribution >= 0.6 is 15.9 Å².